The first-order valence-corrected chi connectivity index (χ1v) is 4.57. The third-order valence-electron chi connectivity index (χ3n) is 2.88. The van der Waals surface area contributed by atoms with Gasteiger partial charge in [0.1, 0.15) is 5.54 Å². The summed E-state index contributed by atoms with van der Waals surface area (Å²) in [5.41, 5.74) is -0.340. The Kier molecular flexibility index (Phi) is 1.67. The number of amides is 1. The van der Waals surface area contributed by atoms with Gasteiger partial charge in [0.15, 0.2) is 0 Å². The van der Waals surface area contributed by atoms with Gasteiger partial charge in [-0.15, -0.1) is 0 Å². The van der Waals surface area contributed by atoms with Crippen LogP contribution in [0.3, 0.4) is 0 Å². The van der Waals surface area contributed by atoms with Crippen LogP contribution < -0.4 is 0 Å². The molecule has 0 unspecified atom stereocenters. The van der Waals surface area contributed by atoms with Crippen LogP contribution in [0, 0.1) is 0 Å². The highest BCUT2D eigenvalue weighted by Gasteiger charge is 2.43. The van der Waals surface area contributed by atoms with Crippen LogP contribution in [-0.4, -0.2) is 29.7 Å². The van der Waals surface area contributed by atoms with E-state index in [4.69, 9.17) is 0 Å². The summed E-state index contributed by atoms with van der Waals surface area (Å²) in [5.74, 6) is 0.196. The average molecular weight is 166 g/mol. The highest BCUT2D eigenvalue weighted by atomic mass is 16.2. The maximum Gasteiger partial charge on any atom is 0.255 e. The van der Waals surface area contributed by atoms with Crippen molar-refractivity contribution in [3.05, 3.63) is 0 Å². The number of nitrogens with zero attached hydrogens (tertiary/aromatic N) is 2. The standard InChI is InChI=1S/C9H14N2O/c1-11-7-10-9(8(11)12)5-3-2-4-6-9/h7H,2-6H2,1H3. The summed E-state index contributed by atoms with van der Waals surface area (Å²) in [4.78, 5) is 17.6. The summed E-state index contributed by atoms with van der Waals surface area (Å²) in [5, 5.41) is 0. The van der Waals surface area contributed by atoms with Crippen molar-refractivity contribution < 1.29 is 4.79 Å². The van der Waals surface area contributed by atoms with Gasteiger partial charge in [0.2, 0.25) is 0 Å². The molecule has 12 heavy (non-hydrogen) atoms. The number of hydrogen-bond acceptors (Lipinski definition) is 2. The minimum atomic E-state index is -0.340. The van der Waals surface area contributed by atoms with E-state index in [1.54, 1.807) is 18.3 Å². The normalized spacial score (nSPS) is 27.1. The molecule has 0 N–H and O–H groups in total. The number of hydrogen-bond donors (Lipinski definition) is 0. The van der Waals surface area contributed by atoms with E-state index < -0.39 is 0 Å². The molecule has 1 aliphatic carbocycles. The Bertz CT molecular complexity index is 229. The Labute approximate surface area is 72.5 Å². The van der Waals surface area contributed by atoms with E-state index in [0.29, 0.717) is 0 Å². The van der Waals surface area contributed by atoms with Crippen LogP contribution in [0.2, 0.25) is 0 Å². The zero-order chi connectivity index (χ0) is 8.60. The Morgan fingerprint density at radius 1 is 1.42 bits per heavy atom. The van der Waals surface area contributed by atoms with Crippen LogP contribution >= 0.6 is 0 Å². The minimum absolute atomic E-state index is 0.196. The van der Waals surface area contributed by atoms with Crippen LogP contribution in [0.5, 0.6) is 0 Å². The van der Waals surface area contributed by atoms with Crippen LogP contribution in [0.15, 0.2) is 4.99 Å². The van der Waals surface area contributed by atoms with E-state index in [9.17, 15) is 4.79 Å². The van der Waals surface area contributed by atoms with E-state index in [2.05, 4.69) is 4.99 Å². The molecule has 0 saturated heterocycles. The van der Waals surface area contributed by atoms with Crippen LogP contribution in [-0.2, 0) is 4.79 Å². The number of aliphatic imine (C=N–C) groups is 1. The SMILES string of the molecule is CN1C=NC2(CCCCC2)C1=O. The fourth-order valence-corrected chi connectivity index (χ4v) is 2.11. The summed E-state index contributed by atoms with van der Waals surface area (Å²) in [6.45, 7) is 0. The summed E-state index contributed by atoms with van der Waals surface area (Å²) in [6.07, 6.45) is 7.13. The molecule has 3 heteroatoms. The van der Waals surface area contributed by atoms with Crippen molar-refractivity contribution in [2.24, 2.45) is 4.99 Å². The molecule has 2 rings (SSSR count). The number of carbonyl (C=O) groups is 1. The average Bonchev–Trinajstić information content (AvgIpc) is 2.37. The molecule has 1 amide bonds. The first-order valence-electron chi connectivity index (χ1n) is 4.57. The van der Waals surface area contributed by atoms with Gasteiger partial charge in [0, 0.05) is 7.05 Å². The van der Waals surface area contributed by atoms with Gasteiger partial charge in [0.05, 0.1) is 6.34 Å². The number of likely N-dealkylation sites (N-methyl/N-ethyl adjacent to an activating group) is 1. The van der Waals surface area contributed by atoms with Crippen molar-refractivity contribution in [1.29, 1.82) is 0 Å². The van der Waals surface area contributed by atoms with E-state index >= 15 is 0 Å². The van der Waals surface area contributed by atoms with Crippen molar-refractivity contribution in [2.75, 3.05) is 7.05 Å². The highest BCUT2D eigenvalue weighted by Crippen LogP contribution is 2.35. The van der Waals surface area contributed by atoms with E-state index in [0.717, 1.165) is 25.7 Å². The maximum atomic E-state index is 11.7. The van der Waals surface area contributed by atoms with Crippen LogP contribution in [0.1, 0.15) is 32.1 Å². The zero-order valence-electron chi connectivity index (χ0n) is 7.42. The summed E-state index contributed by atoms with van der Waals surface area (Å²) in [7, 11) is 1.79. The monoisotopic (exact) mass is 166 g/mol. The van der Waals surface area contributed by atoms with Crippen molar-refractivity contribution >= 4 is 12.2 Å². The first kappa shape index (κ1) is 7.77. The van der Waals surface area contributed by atoms with Crippen molar-refractivity contribution in [3.63, 3.8) is 0 Å². The molecule has 1 fully saturated rings. The lowest BCUT2D eigenvalue weighted by molar-refractivity contribution is -0.131. The third-order valence-corrected chi connectivity index (χ3v) is 2.88. The molecule has 0 aromatic rings. The van der Waals surface area contributed by atoms with Gasteiger partial charge in [-0.3, -0.25) is 9.79 Å². The molecule has 0 aromatic heterocycles. The number of carbonyl (C=O) groups excluding carboxylic acids is 1. The molecule has 66 valence electrons. The molecular weight excluding hydrogens is 152 g/mol. The molecular formula is C9H14N2O. The molecule has 1 saturated carbocycles. The fraction of sp³-hybridized carbons (Fsp3) is 0.778. The Balaban J connectivity index is 2.20. The predicted octanol–water partition coefficient (Wildman–Crippen LogP) is 1.19. The lowest BCUT2D eigenvalue weighted by Gasteiger charge is -2.28. The molecule has 2 aliphatic rings. The summed E-state index contributed by atoms with van der Waals surface area (Å²) < 4.78 is 0. The van der Waals surface area contributed by atoms with Gasteiger partial charge in [0.25, 0.3) is 5.91 Å². The van der Waals surface area contributed by atoms with Crippen molar-refractivity contribution in [2.45, 2.75) is 37.6 Å². The fourth-order valence-electron chi connectivity index (χ4n) is 2.11. The highest BCUT2D eigenvalue weighted by molar-refractivity contribution is 5.99. The number of rotatable bonds is 0. The lowest BCUT2D eigenvalue weighted by Crippen LogP contribution is -2.41. The van der Waals surface area contributed by atoms with Gasteiger partial charge in [-0.2, -0.15) is 0 Å². The third kappa shape index (κ3) is 0.958. The summed E-state index contributed by atoms with van der Waals surface area (Å²) in [6, 6.07) is 0. The van der Waals surface area contributed by atoms with E-state index in [1.807, 2.05) is 0 Å². The molecule has 0 radical (unpaired) electrons. The van der Waals surface area contributed by atoms with Crippen LogP contribution in [0.4, 0.5) is 0 Å². The van der Waals surface area contributed by atoms with Crippen molar-refractivity contribution in [3.8, 4) is 0 Å². The molecule has 0 aromatic carbocycles. The van der Waals surface area contributed by atoms with Gasteiger partial charge in [-0.25, -0.2) is 0 Å². The molecule has 0 bridgehead atoms. The topological polar surface area (TPSA) is 32.7 Å². The molecule has 0 atom stereocenters. The quantitative estimate of drug-likeness (QED) is 0.532. The lowest BCUT2D eigenvalue weighted by atomic mass is 9.82. The maximum absolute atomic E-state index is 11.7. The molecule has 3 nitrogen and oxygen atoms in total. The minimum Gasteiger partial charge on any atom is -0.304 e. The largest absolute Gasteiger partial charge is 0.304 e. The Morgan fingerprint density at radius 3 is 2.58 bits per heavy atom. The van der Waals surface area contributed by atoms with Crippen molar-refractivity contribution in [1.82, 2.24) is 4.90 Å². The predicted molar refractivity (Wildman–Crippen MR) is 47.1 cm³/mol. The second-order valence-corrected chi connectivity index (χ2v) is 3.75. The van der Waals surface area contributed by atoms with Gasteiger partial charge < -0.3 is 4.90 Å². The van der Waals surface area contributed by atoms with E-state index in [-0.39, 0.29) is 11.4 Å². The smallest absolute Gasteiger partial charge is 0.255 e. The Hall–Kier alpha value is -0.860. The zero-order valence-corrected chi connectivity index (χ0v) is 7.42. The van der Waals surface area contributed by atoms with Gasteiger partial charge in [-0.05, 0) is 12.8 Å². The summed E-state index contributed by atoms with van der Waals surface area (Å²) >= 11 is 0. The van der Waals surface area contributed by atoms with Gasteiger partial charge in [-0.1, -0.05) is 19.3 Å². The second-order valence-electron chi connectivity index (χ2n) is 3.75. The second kappa shape index (κ2) is 2.57. The molecule has 1 spiro atoms. The van der Waals surface area contributed by atoms with Gasteiger partial charge >= 0.3 is 0 Å². The van der Waals surface area contributed by atoms with E-state index in [1.165, 1.54) is 6.42 Å². The molecule has 1 heterocycles. The van der Waals surface area contributed by atoms with Crippen LogP contribution in [0.25, 0.3) is 0 Å². The first-order chi connectivity index (χ1) is 5.75. The molecule has 1 aliphatic heterocycles. The Morgan fingerprint density at radius 2 is 2.08 bits per heavy atom.